The van der Waals surface area contributed by atoms with Crippen molar-refractivity contribution in [2.75, 3.05) is 33.6 Å². The number of carbonyl (C=O) groups excluding carboxylic acids is 1. The van der Waals surface area contributed by atoms with E-state index < -0.39 is 6.10 Å². The molecule has 3 rings (SSSR count). The first-order valence-electron chi connectivity index (χ1n) is 12.1. The molecule has 1 aromatic heterocycles. The van der Waals surface area contributed by atoms with Gasteiger partial charge in [0.2, 0.25) is 11.7 Å². The van der Waals surface area contributed by atoms with E-state index in [1.165, 1.54) is 0 Å². The molecule has 3 aromatic rings. The molecule has 0 spiro atoms. The standard InChI is InChI=1S/C28H36N4O5/c1-18(30-17-23(33)22-8-9-26(29)31-16-22)10-19-6-5-7-20(11-19)14-27(34)32-15-21-12-24(35-2)28(37-4)25(13-21)36-3/h5-9,11-13,16,18,23,30,33H,10,14-15,17H2,1-4H3,(H2,29,31)(H,32,34)/t18?,23-/m0/s1. The maximum atomic E-state index is 12.6. The Labute approximate surface area is 218 Å². The first-order valence-corrected chi connectivity index (χ1v) is 12.1. The van der Waals surface area contributed by atoms with Crippen molar-refractivity contribution in [3.05, 3.63) is 77.0 Å². The van der Waals surface area contributed by atoms with Gasteiger partial charge in [-0.25, -0.2) is 4.98 Å². The third-order valence-electron chi connectivity index (χ3n) is 5.97. The number of carbonyl (C=O) groups is 1. The van der Waals surface area contributed by atoms with Gasteiger partial charge in [0.25, 0.3) is 0 Å². The summed E-state index contributed by atoms with van der Waals surface area (Å²) in [7, 11) is 4.67. The number of rotatable bonds is 13. The number of ether oxygens (including phenoxy) is 3. The summed E-state index contributed by atoms with van der Waals surface area (Å²) in [6.07, 6.45) is 1.94. The van der Waals surface area contributed by atoms with Gasteiger partial charge in [0, 0.05) is 30.9 Å². The van der Waals surface area contributed by atoms with Gasteiger partial charge < -0.3 is 35.7 Å². The van der Waals surface area contributed by atoms with E-state index in [2.05, 4.69) is 22.5 Å². The lowest BCUT2D eigenvalue weighted by Gasteiger charge is -2.18. The summed E-state index contributed by atoms with van der Waals surface area (Å²) in [5, 5.41) is 16.7. The molecule has 198 valence electrons. The fraction of sp³-hybridized carbons (Fsp3) is 0.357. The Bertz CT molecular complexity index is 1140. The summed E-state index contributed by atoms with van der Waals surface area (Å²) >= 11 is 0. The Morgan fingerprint density at radius 1 is 1.00 bits per heavy atom. The van der Waals surface area contributed by atoms with Crippen LogP contribution < -0.4 is 30.6 Å². The third-order valence-corrected chi connectivity index (χ3v) is 5.97. The Kier molecular flexibility index (Phi) is 10.1. The maximum absolute atomic E-state index is 12.6. The van der Waals surface area contributed by atoms with Crippen LogP contribution in [0.15, 0.2) is 54.7 Å². The highest BCUT2D eigenvalue weighted by Crippen LogP contribution is 2.38. The summed E-state index contributed by atoms with van der Waals surface area (Å²) in [5.41, 5.74) is 9.20. The number of anilines is 1. The minimum atomic E-state index is -0.670. The summed E-state index contributed by atoms with van der Waals surface area (Å²) in [6.45, 7) is 2.79. The van der Waals surface area contributed by atoms with Gasteiger partial charge in [-0.1, -0.05) is 30.3 Å². The van der Waals surface area contributed by atoms with Crippen LogP contribution in [0.3, 0.4) is 0 Å². The fourth-order valence-corrected chi connectivity index (χ4v) is 4.02. The minimum absolute atomic E-state index is 0.0858. The lowest BCUT2D eigenvalue weighted by atomic mass is 10.0. The Morgan fingerprint density at radius 2 is 1.70 bits per heavy atom. The highest BCUT2D eigenvalue weighted by molar-refractivity contribution is 5.78. The Hall–Kier alpha value is -3.82. The van der Waals surface area contributed by atoms with Gasteiger partial charge in [0.1, 0.15) is 5.82 Å². The lowest BCUT2D eigenvalue weighted by molar-refractivity contribution is -0.120. The monoisotopic (exact) mass is 508 g/mol. The number of methoxy groups -OCH3 is 3. The van der Waals surface area contributed by atoms with Crippen LogP contribution in [-0.2, 0) is 24.2 Å². The number of aliphatic hydroxyl groups is 1. The highest BCUT2D eigenvalue weighted by atomic mass is 16.5. The minimum Gasteiger partial charge on any atom is -0.493 e. The van der Waals surface area contributed by atoms with E-state index in [0.717, 1.165) is 23.1 Å². The lowest BCUT2D eigenvalue weighted by Crippen LogP contribution is -2.32. The van der Waals surface area contributed by atoms with Crippen molar-refractivity contribution in [3.63, 3.8) is 0 Å². The number of aromatic nitrogens is 1. The van der Waals surface area contributed by atoms with E-state index in [0.29, 0.717) is 41.7 Å². The van der Waals surface area contributed by atoms with Gasteiger partial charge in [-0.05, 0) is 48.2 Å². The van der Waals surface area contributed by atoms with Crippen LogP contribution in [0.2, 0.25) is 0 Å². The van der Waals surface area contributed by atoms with Crippen LogP contribution >= 0.6 is 0 Å². The van der Waals surface area contributed by atoms with Gasteiger partial charge in [0.15, 0.2) is 11.5 Å². The molecule has 0 saturated carbocycles. The van der Waals surface area contributed by atoms with Crippen LogP contribution in [0, 0.1) is 0 Å². The van der Waals surface area contributed by atoms with E-state index >= 15 is 0 Å². The zero-order valence-corrected chi connectivity index (χ0v) is 21.8. The summed E-state index contributed by atoms with van der Waals surface area (Å²) in [4.78, 5) is 16.7. The number of nitrogen functional groups attached to an aromatic ring is 1. The van der Waals surface area contributed by atoms with Crippen molar-refractivity contribution >= 4 is 11.7 Å². The van der Waals surface area contributed by atoms with Crippen LogP contribution in [0.5, 0.6) is 17.2 Å². The summed E-state index contributed by atoms with van der Waals surface area (Å²) < 4.78 is 16.1. The molecule has 2 atom stereocenters. The Morgan fingerprint density at radius 3 is 2.32 bits per heavy atom. The van der Waals surface area contributed by atoms with Crippen LogP contribution in [0.1, 0.15) is 35.3 Å². The molecule has 0 saturated heterocycles. The molecule has 0 aliphatic heterocycles. The molecule has 0 fully saturated rings. The third kappa shape index (κ3) is 8.09. The Balaban J connectivity index is 1.51. The number of amides is 1. The predicted octanol–water partition coefficient (Wildman–Crippen LogP) is 2.80. The van der Waals surface area contributed by atoms with Crippen molar-refractivity contribution < 1.29 is 24.1 Å². The molecular weight excluding hydrogens is 472 g/mol. The van der Waals surface area contributed by atoms with Gasteiger partial charge >= 0.3 is 0 Å². The number of nitrogens with two attached hydrogens (primary N) is 1. The molecular formula is C28H36N4O5. The number of aliphatic hydroxyl groups excluding tert-OH is 1. The van der Waals surface area contributed by atoms with E-state index in [-0.39, 0.29) is 18.4 Å². The van der Waals surface area contributed by atoms with Gasteiger partial charge in [-0.2, -0.15) is 0 Å². The first kappa shape index (κ1) is 27.8. The number of pyridine rings is 1. The van der Waals surface area contributed by atoms with Crippen molar-refractivity contribution in [1.82, 2.24) is 15.6 Å². The second-order valence-electron chi connectivity index (χ2n) is 8.85. The molecule has 5 N–H and O–H groups in total. The second-order valence-corrected chi connectivity index (χ2v) is 8.85. The van der Waals surface area contributed by atoms with E-state index in [4.69, 9.17) is 19.9 Å². The number of nitrogens with one attached hydrogen (secondary N) is 2. The molecule has 1 amide bonds. The SMILES string of the molecule is COc1cc(CNC(=O)Cc2cccc(CC(C)NC[C@H](O)c3ccc(N)nc3)c2)cc(OC)c1OC. The number of benzene rings is 2. The topological polar surface area (TPSA) is 128 Å². The number of hydrogen-bond acceptors (Lipinski definition) is 8. The smallest absolute Gasteiger partial charge is 0.224 e. The quantitative estimate of drug-likeness (QED) is 0.278. The number of hydrogen-bond donors (Lipinski definition) is 4. The zero-order valence-electron chi connectivity index (χ0n) is 21.8. The van der Waals surface area contributed by atoms with Crippen molar-refractivity contribution in [3.8, 4) is 17.2 Å². The van der Waals surface area contributed by atoms with Gasteiger partial charge in [-0.3, -0.25) is 4.79 Å². The van der Waals surface area contributed by atoms with E-state index in [9.17, 15) is 9.90 Å². The van der Waals surface area contributed by atoms with Gasteiger partial charge in [0.05, 0.1) is 33.9 Å². The molecule has 9 nitrogen and oxygen atoms in total. The molecule has 9 heteroatoms. The highest BCUT2D eigenvalue weighted by Gasteiger charge is 2.14. The summed E-state index contributed by atoms with van der Waals surface area (Å²) in [6, 6.07) is 15.2. The van der Waals surface area contributed by atoms with E-state index in [1.54, 1.807) is 39.7 Å². The first-order chi connectivity index (χ1) is 17.8. The van der Waals surface area contributed by atoms with Crippen molar-refractivity contribution in [1.29, 1.82) is 0 Å². The van der Waals surface area contributed by atoms with E-state index in [1.807, 2.05) is 36.4 Å². The van der Waals surface area contributed by atoms with Crippen LogP contribution in [0.25, 0.3) is 0 Å². The molecule has 1 heterocycles. The second kappa shape index (κ2) is 13.5. The molecule has 0 bridgehead atoms. The average molecular weight is 509 g/mol. The molecule has 0 radical (unpaired) electrons. The molecule has 0 aliphatic carbocycles. The molecule has 2 aromatic carbocycles. The van der Waals surface area contributed by atoms with Gasteiger partial charge in [-0.15, -0.1) is 0 Å². The number of nitrogens with zero attached hydrogens (tertiary/aromatic N) is 1. The van der Waals surface area contributed by atoms with Crippen LogP contribution in [0.4, 0.5) is 5.82 Å². The van der Waals surface area contributed by atoms with Crippen molar-refractivity contribution in [2.24, 2.45) is 0 Å². The predicted molar refractivity (Wildman–Crippen MR) is 143 cm³/mol. The maximum Gasteiger partial charge on any atom is 0.224 e. The average Bonchev–Trinajstić information content (AvgIpc) is 2.90. The molecule has 37 heavy (non-hydrogen) atoms. The van der Waals surface area contributed by atoms with Crippen LogP contribution in [-0.4, -0.2) is 49.9 Å². The van der Waals surface area contributed by atoms with Crippen molar-refractivity contribution in [2.45, 2.75) is 38.5 Å². The largest absolute Gasteiger partial charge is 0.493 e. The molecule has 0 aliphatic rings. The molecule has 1 unspecified atom stereocenters. The zero-order chi connectivity index (χ0) is 26.8. The fourth-order valence-electron chi connectivity index (χ4n) is 4.02. The summed E-state index contributed by atoms with van der Waals surface area (Å²) in [5.74, 6) is 1.93. The normalized spacial score (nSPS) is 12.5.